The Hall–Kier alpha value is -6.70. The fourth-order valence-electron chi connectivity index (χ4n) is 8.45. The molecule has 0 atom stereocenters. The summed E-state index contributed by atoms with van der Waals surface area (Å²) < 4.78 is 0. The summed E-state index contributed by atoms with van der Waals surface area (Å²) in [5.74, 6) is 0. The molecule has 0 saturated heterocycles. The van der Waals surface area contributed by atoms with E-state index < -0.39 is 0 Å². The average molecular weight is 692 g/mol. The van der Waals surface area contributed by atoms with E-state index in [4.69, 9.17) is 0 Å². The fraction of sp³-hybridized carbons (Fsp3) is 0.0566. The van der Waals surface area contributed by atoms with E-state index in [1.165, 1.54) is 82.0 Å². The molecule has 1 aliphatic carbocycles. The van der Waals surface area contributed by atoms with Crippen molar-refractivity contribution in [1.29, 1.82) is 0 Å². The van der Waals surface area contributed by atoms with Crippen LogP contribution in [0.25, 0.3) is 76.5 Å². The Morgan fingerprint density at radius 3 is 1.33 bits per heavy atom. The molecule has 0 aromatic heterocycles. The summed E-state index contributed by atoms with van der Waals surface area (Å²) in [5.41, 5.74) is 12.0. The predicted molar refractivity (Wildman–Crippen MR) is 237 cm³/mol. The smallest absolute Gasteiger partial charge is 0.0408 e. The lowest BCUT2D eigenvalue weighted by Gasteiger charge is -2.22. The molecule has 0 fully saturated rings. The van der Waals surface area contributed by atoms with E-state index in [9.17, 15) is 0 Å². The number of anilines is 2. The van der Waals surface area contributed by atoms with Gasteiger partial charge in [0.15, 0.2) is 0 Å². The van der Waals surface area contributed by atoms with Crippen molar-refractivity contribution >= 4 is 65.6 Å². The van der Waals surface area contributed by atoms with Gasteiger partial charge in [0.2, 0.25) is 0 Å². The molecule has 1 aliphatic rings. The molecule has 1 nitrogen and oxygen atoms in total. The first-order valence-electron chi connectivity index (χ1n) is 18.8. The van der Waals surface area contributed by atoms with Crippen LogP contribution in [0.4, 0.5) is 11.4 Å². The lowest BCUT2D eigenvalue weighted by molar-refractivity contribution is 1.04. The third kappa shape index (κ3) is 5.66. The quantitative estimate of drug-likeness (QED) is 0.113. The monoisotopic (exact) mass is 691 g/mol. The van der Waals surface area contributed by atoms with Crippen molar-refractivity contribution in [1.82, 2.24) is 0 Å². The van der Waals surface area contributed by atoms with Gasteiger partial charge in [0.1, 0.15) is 0 Å². The Kier molecular flexibility index (Phi) is 8.61. The summed E-state index contributed by atoms with van der Waals surface area (Å²) in [4.78, 5) is 2.27. The topological polar surface area (TPSA) is 3.24 Å². The summed E-state index contributed by atoms with van der Waals surface area (Å²) in [5, 5.41) is 10.0. The van der Waals surface area contributed by atoms with Crippen LogP contribution in [-0.2, 0) is 0 Å². The Bertz CT molecular complexity index is 2730. The fourth-order valence-corrected chi connectivity index (χ4v) is 8.45. The molecule has 9 rings (SSSR count). The lowest BCUT2D eigenvalue weighted by atomic mass is 9.85. The molecule has 8 aromatic carbocycles. The summed E-state index contributed by atoms with van der Waals surface area (Å²) in [6.07, 6.45) is 15.0. The Labute approximate surface area is 317 Å². The highest BCUT2D eigenvalue weighted by Crippen LogP contribution is 2.44. The van der Waals surface area contributed by atoms with Crippen molar-refractivity contribution in [2.75, 3.05) is 11.9 Å². The molecular weight excluding hydrogens is 651 g/mol. The van der Waals surface area contributed by atoms with E-state index in [1.54, 1.807) is 6.08 Å². The van der Waals surface area contributed by atoms with Crippen molar-refractivity contribution in [3.63, 3.8) is 0 Å². The van der Waals surface area contributed by atoms with Gasteiger partial charge in [-0.3, -0.25) is 0 Å². The zero-order chi connectivity index (χ0) is 36.6. The molecule has 1 heteroatoms. The molecular formula is C53H41N. The van der Waals surface area contributed by atoms with Gasteiger partial charge in [-0.25, -0.2) is 0 Å². The van der Waals surface area contributed by atoms with Gasteiger partial charge in [-0.15, -0.1) is 0 Å². The van der Waals surface area contributed by atoms with E-state index in [1.807, 2.05) is 12.2 Å². The molecule has 0 bridgehead atoms. The summed E-state index contributed by atoms with van der Waals surface area (Å²) in [6, 6.07) is 53.3. The van der Waals surface area contributed by atoms with Crippen LogP contribution in [-0.4, -0.2) is 7.05 Å². The van der Waals surface area contributed by atoms with E-state index in [-0.39, 0.29) is 0 Å². The molecule has 258 valence electrons. The van der Waals surface area contributed by atoms with Crippen molar-refractivity contribution in [2.45, 2.75) is 12.8 Å². The number of fused-ring (bicyclic) bond motifs is 4. The highest BCUT2D eigenvalue weighted by Gasteiger charge is 2.19. The summed E-state index contributed by atoms with van der Waals surface area (Å²) in [6.45, 7) is 8.31. The number of rotatable bonds is 8. The van der Waals surface area contributed by atoms with Crippen molar-refractivity contribution in [3.05, 3.63) is 206 Å². The van der Waals surface area contributed by atoms with E-state index in [0.717, 1.165) is 29.8 Å². The first-order chi connectivity index (χ1) is 26.6. The van der Waals surface area contributed by atoms with E-state index in [0.29, 0.717) is 0 Å². The molecule has 0 unspecified atom stereocenters. The SMILES string of the molecule is C=C/C=C\C(=C)c1c2ccccc2c(-c2ccc(N(C)c3ccc(-c4c5ccccc5c(C5=CCCC=C5)c5ccccc45)cc3)cc2)c2ccccc12. The van der Waals surface area contributed by atoms with Gasteiger partial charge >= 0.3 is 0 Å². The number of allylic oxidation sites excluding steroid dienone is 8. The number of hydrogen-bond acceptors (Lipinski definition) is 1. The standard InChI is InChI=1S/C53H41N/c1-4-5-17-36(2)50-42-20-9-11-22-44(42)52(45-23-12-10-21-43(45)50)38-28-32-40(33-29-38)54(3)41-34-30-39(31-35-41)53-48-26-15-13-24-46(48)51(37-18-7-6-8-19-37)47-25-14-16-27-49(47)53/h4-5,7,9-35H,1-2,6,8H2,3H3/b17-5-. The predicted octanol–water partition coefficient (Wildman–Crippen LogP) is 14.9. The van der Waals surface area contributed by atoms with Crippen LogP contribution in [0.5, 0.6) is 0 Å². The Morgan fingerprint density at radius 1 is 0.519 bits per heavy atom. The van der Waals surface area contributed by atoms with Crippen molar-refractivity contribution < 1.29 is 0 Å². The van der Waals surface area contributed by atoms with Gasteiger partial charge in [0.25, 0.3) is 0 Å². The zero-order valence-electron chi connectivity index (χ0n) is 30.6. The molecule has 0 heterocycles. The third-order valence-corrected chi connectivity index (χ3v) is 11.0. The summed E-state index contributed by atoms with van der Waals surface area (Å²) >= 11 is 0. The number of benzene rings is 8. The molecule has 8 aromatic rings. The third-order valence-electron chi connectivity index (χ3n) is 11.0. The first-order valence-corrected chi connectivity index (χ1v) is 18.8. The number of hydrogen-bond donors (Lipinski definition) is 0. The second kappa shape index (κ2) is 14.0. The minimum atomic E-state index is 0.977. The van der Waals surface area contributed by atoms with Gasteiger partial charge in [0, 0.05) is 18.4 Å². The zero-order valence-corrected chi connectivity index (χ0v) is 30.6. The van der Waals surface area contributed by atoms with Crippen LogP contribution < -0.4 is 4.90 Å². The molecule has 0 saturated carbocycles. The van der Waals surface area contributed by atoms with Crippen LogP contribution in [0.3, 0.4) is 0 Å². The highest BCUT2D eigenvalue weighted by molar-refractivity contribution is 6.20. The molecule has 0 N–H and O–H groups in total. The van der Waals surface area contributed by atoms with Crippen molar-refractivity contribution in [3.8, 4) is 22.3 Å². The van der Waals surface area contributed by atoms with Crippen molar-refractivity contribution in [2.24, 2.45) is 0 Å². The lowest BCUT2D eigenvalue weighted by Crippen LogP contribution is -2.09. The van der Waals surface area contributed by atoms with Gasteiger partial charge in [-0.1, -0.05) is 171 Å². The Morgan fingerprint density at radius 2 is 0.926 bits per heavy atom. The Balaban J connectivity index is 1.09. The van der Waals surface area contributed by atoms with Crippen LogP contribution in [0, 0.1) is 0 Å². The maximum atomic E-state index is 4.45. The maximum Gasteiger partial charge on any atom is 0.0408 e. The minimum Gasteiger partial charge on any atom is -0.345 e. The normalized spacial score (nSPS) is 12.9. The maximum absolute atomic E-state index is 4.45. The molecule has 0 radical (unpaired) electrons. The highest BCUT2D eigenvalue weighted by atomic mass is 15.1. The number of nitrogens with zero attached hydrogens (tertiary/aromatic N) is 1. The van der Waals surface area contributed by atoms with Gasteiger partial charge in [0.05, 0.1) is 0 Å². The van der Waals surface area contributed by atoms with Gasteiger partial charge in [-0.05, 0) is 125 Å². The van der Waals surface area contributed by atoms with Crippen LogP contribution in [0.15, 0.2) is 195 Å². The largest absolute Gasteiger partial charge is 0.345 e. The molecule has 54 heavy (non-hydrogen) atoms. The molecule has 0 amide bonds. The van der Waals surface area contributed by atoms with E-state index in [2.05, 4.69) is 189 Å². The second-order valence-electron chi connectivity index (χ2n) is 14.1. The van der Waals surface area contributed by atoms with Gasteiger partial charge < -0.3 is 4.90 Å². The van der Waals surface area contributed by atoms with Gasteiger partial charge in [-0.2, -0.15) is 0 Å². The minimum absolute atomic E-state index is 0.977. The summed E-state index contributed by atoms with van der Waals surface area (Å²) in [7, 11) is 2.15. The average Bonchev–Trinajstić information content (AvgIpc) is 3.24. The van der Waals surface area contributed by atoms with E-state index >= 15 is 0 Å². The van der Waals surface area contributed by atoms with Crippen LogP contribution in [0.1, 0.15) is 24.0 Å². The first kappa shape index (κ1) is 33.2. The molecule has 0 spiro atoms. The van der Waals surface area contributed by atoms with Crippen LogP contribution in [0.2, 0.25) is 0 Å². The van der Waals surface area contributed by atoms with Crippen LogP contribution >= 0.6 is 0 Å². The molecule has 0 aliphatic heterocycles. The second-order valence-corrected chi connectivity index (χ2v) is 14.1.